The fourth-order valence-corrected chi connectivity index (χ4v) is 5.95. The predicted octanol–water partition coefficient (Wildman–Crippen LogP) is 7.65. The third-order valence-electron chi connectivity index (χ3n) is 6.99. The normalized spacial score (nSPS) is 13.4. The second kappa shape index (κ2) is 19.8. The first kappa shape index (κ1) is 35.1. The van der Waals surface area contributed by atoms with Crippen LogP contribution in [0.5, 0.6) is 17.2 Å². The van der Waals surface area contributed by atoms with Gasteiger partial charge in [-0.05, 0) is 49.7 Å². The zero-order chi connectivity index (χ0) is 30.8. The van der Waals surface area contributed by atoms with Crippen LogP contribution in [0.15, 0.2) is 60.2 Å². The zero-order valence-electron chi connectivity index (χ0n) is 25.9. The number of aromatic nitrogens is 1. The first-order chi connectivity index (χ1) is 20.9. The van der Waals surface area contributed by atoms with E-state index < -0.39 is 13.9 Å². The fourth-order valence-electron chi connectivity index (χ4n) is 4.53. The maximum absolute atomic E-state index is 12.4. The maximum atomic E-state index is 12.4. The summed E-state index contributed by atoms with van der Waals surface area (Å²) in [5.41, 5.74) is 3.07. The molecule has 0 fully saturated rings. The van der Waals surface area contributed by atoms with E-state index in [0.717, 1.165) is 17.7 Å². The molecule has 2 aromatic carbocycles. The van der Waals surface area contributed by atoms with Crippen molar-refractivity contribution in [2.75, 3.05) is 26.9 Å². The van der Waals surface area contributed by atoms with Gasteiger partial charge in [0.2, 0.25) is 5.51 Å². The van der Waals surface area contributed by atoms with Crippen LogP contribution in [-0.4, -0.2) is 33.0 Å². The molecule has 238 valence electrons. The van der Waals surface area contributed by atoms with Crippen LogP contribution in [0.2, 0.25) is 0 Å². The van der Waals surface area contributed by atoms with Crippen molar-refractivity contribution in [2.45, 2.75) is 90.7 Å². The van der Waals surface area contributed by atoms with Crippen LogP contribution in [0.1, 0.15) is 81.6 Å². The van der Waals surface area contributed by atoms with Crippen LogP contribution in [0.4, 0.5) is 0 Å². The van der Waals surface area contributed by atoms with Crippen LogP contribution >= 0.6 is 19.2 Å². The molecule has 10 heteroatoms. The molecule has 0 aliphatic carbocycles. The van der Waals surface area contributed by atoms with Gasteiger partial charge in [0, 0.05) is 18.7 Å². The van der Waals surface area contributed by atoms with Gasteiger partial charge in [-0.25, -0.2) is 0 Å². The van der Waals surface area contributed by atoms with Crippen molar-refractivity contribution in [3.8, 4) is 17.2 Å². The number of thiazole rings is 1. The Bertz CT molecular complexity index is 1220. The van der Waals surface area contributed by atoms with E-state index in [1.54, 1.807) is 23.5 Å². The molecule has 0 amide bonds. The number of ether oxygens (including phenoxy) is 3. The van der Waals surface area contributed by atoms with Gasteiger partial charge < -0.3 is 28.2 Å². The highest BCUT2D eigenvalue weighted by molar-refractivity contribution is 7.46. The molecular formula is C33H48NO7PS. The summed E-state index contributed by atoms with van der Waals surface area (Å²) >= 11 is 1.67. The first-order valence-electron chi connectivity index (χ1n) is 15.4. The quantitative estimate of drug-likeness (QED) is 0.0602. The minimum atomic E-state index is -4.60. The van der Waals surface area contributed by atoms with Gasteiger partial charge in [0.25, 0.3) is 0 Å². The highest BCUT2D eigenvalue weighted by Gasteiger charge is 2.17. The topological polar surface area (TPSA) is 90.2 Å². The molecule has 0 radical (unpaired) electrons. The number of methoxy groups -OCH3 is 1. The van der Waals surface area contributed by atoms with Crippen molar-refractivity contribution < 1.29 is 37.3 Å². The molecule has 0 aliphatic rings. The Hall–Kier alpha value is -2.42. The number of unbranched alkanes of at least 4 members (excludes halogenated alkanes) is 9. The van der Waals surface area contributed by atoms with E-state index in [1.165, 1.54) is 69.8 Å². The lowest BCUT2D eigenvalue weighted by Crippen LogP contribution is -2.30. The minimum absolute atomic E-state index is 0.104. The molecule has 2 atom stereocenters. The minimum Gasteiger partial charge on any atom is -0.746 e. The van der Waals surface area contributed by atoms with E-state index in [1.807, 2.05) is 41.9 Å². The summed E-state index contributed by atoms with van der Waals surface area (Å²) in [5.74, 6) is 1.54. The maximum Gasteiger partial charge on any atom is 0.319 e. The van der Waals surface area contributed by atoms with E-state index in [-0.39, 0.29) is 19.0 Å². The average Bonchev–Trinajstić information content (AvgIpc) is 3.41. The molecule has 8 nitrogen and oxygen atoms in total. The number of aryl methyl sites for hydroxylation is 1. The summed E-state index contributed by atoms with van der Waals surface area (Å²) in [4.78, 5) is 13.7. The predicted molar refractivity (Wildman–Crippen MR) is 169 cm³/mol. The molecule has 1 heterocycles. The molecule has 0 N–H and O–H groups in total. The number of benzene rings is 2. The van der Waals surface area contributed by atoms with Crippen molar-refractivity contribution in [3.05, 3.63) is 70.7 Å². The molecule has 0 aliphatic heterocycles. The number of phosphoric ester groups is 1. The van der Waals surface area contributed by atoms with Crippen molar-refractivity contribution in [3.63, 3.8) is 0 Å². The molecular weight excluding hydrogens is 585 g/mol. The third-order valence-corrected chi connectivity index (χ3v) is 8.74. The Labute approximate surface area is 261 Å². The Morgan fingerprint density at radius 3 is 2.14 bits per heavy atom. The second-order valence-corrected chi connectivity index (χ2v) is 13.2. The molecule has 1 aromatic heterocycles. The number of hydrogen-bond donors (Lipinski definition) is 0. The van der Waals surface area contributed by atoms with Crippen molar-refractivity contribution in [2.24, 2.45) is 0 Å². The van der Waals surface area contributed by atoms with Crippen molar-refractivity contribution in [1.29, 1.82) is 0 Å². The van der Waals surface area contributed by atoms with Crippen LogP contribution in [0.25, 0.3) is 0 Å². The van der Waals surface area contributed by atoms with E-state index >= 15 is 0 Å². The number of nitrogens with zero attached hydrogens (tertiary/aromatic N) is 1. The second-order valence-electron chi connectivity index (χ2n) is 10.8. The van der Waals surface area contributed by atoms with Crippen LogP contribution in [0.3, 0.4) is 0 Å². The van der Waals surface area contributed by atoms with Gasteiger partial charge in [-0.15, -0.1) is 0 Å². The van der Waals surface area contributed by atoms with Gasteiger partial charge in [-0.1, -0.05) is 82.1 Å². The fraction of sp³-hybridized carbons (Fsp3) is 0.545. The smallest absolute Gasteiger partial charge is 0.319 e. The van der Waals surface area contributed by atoms with Crippen LogP contribution < -0.4 is 23.5 Å². The Balaban J connectivity index is 1.32. The lowest BCUT2D eigenvalue weighted by atomic mass is 10.1. The molecule has 0 spiro atoms. The monoisotopic (exact) mass is 633 g/mol. The van der Waals surface area contributed by atoms with E-state index in [4.69, 9.17) is 23.3 Å². The van der Waals surface area contributed by atoms with Crippen LogP contribution in [0, 0.1) is 6.92 Å². The van der Waals surface area contributed by atoms with Crippen LogP contribution in [-0.2, 0) is 20.4 Å². The highest BCUT2D eigenvalue weighted by Crippen LogP contribution is 2.39. The summed E-state index contributed by atoms with van der Waals surface area (Å²) in [7, 11) is -3.13. The summed E-state index contributed by atoms with van der Waals surface area (Å²) in [6.07, 6.45) is 14.3. The lowest BCUT2D eigenvalue weighted by Gasteiger charge is -2.25. The molecule has 3 aromatic rings. The standard InChI is InChI=1S/C33H48NO7PS/c1-4-5-6-7-8-9-10-11-12-13-21-38-31-15-14-16-32(22-31)39-25-33(37-3)26-40-42(35,36)41-30-19-17-29(18-20-30)24-34-23-28(2)43-27-34/h14-20,22-23,27,33H,4-13,21,24-26H2,1-3H3. The molecule has 2 unspecified atom stereocenters. The molecule has 0 saturated heterocycles. The molecule has 0 saturated carbocycles. The number of hydrogen-bond acceptors (Lipinski definition) is 8. The van der Waals surface area contributed by atoms with E-state index in [9.17, 15) is 9.46 Å². The lowest BCUT2D eigenvalue weighted by molar-refractivity contribution is -0.683. The van der Waals surface area contributed by atoms with Crippen molar-refractivity contribution in [1.82, 2.24) is 0 Å². The van der Waals surface area contributed by atoms with Gasteiger partial charge in [0.05, 0.1) is 18.1 Å². The van der Waals surface area contributed by atoms with Crippen molar-refractivity contribution >= 4 is 19.2 Å². The molecule has 0 bridgehead atoms. The number of phosphoric acid groups is 1. The van der Waals surface area contributed by atoms with E-state index in [2.05, 4.69) is 24.6 Å². The molecule has 43 heavy (non-hydrogen) atoms. The van der Waals surface area contributed by atoms with Gasteiger partial charge in [0.15, 0.2) is 12.7 Å². The SMILES string of the molecule is CCCCCCCCCCCCOc1cccc(OCC(COP(=O)([O-])Oc2ccc(C[n+]3csc(C)c3)cc2)OC)c1. The first-order valence-corrected chi connectivity index (χ1v) is 17.8. The molecule has 3 rings (SSSR count). The Kier molecular flexibility index (Phi) is 16.1. The summed E-state index contributed by atoms with van der Waals surface area (Å²) in [6.45, 7) is 5.54. The highest BCUT2D eigenvalue weighted by atomic mass is 32.1. The summed E-state index contributed by atoms with van der Waals surface area (Å²) in [6, 6.07) is 14.3. The van der Waals surface area contributed by atoms with Gasteiger partial charge in [-0.2, -0.15) is 4.57 Å². The van der Waals surface area contributed by atoms with Gasteiger partial charge in [-0.3, -0.25) is 4.57 Å². The largest absolute Gasteiger partial charge is 0.746 e. The van der Waals surface area contributed by atoms with E-state index in [0.29, 0.717) is 18.9 Å². The summed E-state index contributed by atoms with van der Waals surface area (Å²) in [5, 5.41) is 0. The third kappa shape index (κ3) is 14.7. The Morgan fingerprint density at radius 1 is 0.860 bits per heavy atom. The zero-order valence-corrected chi connectivity index (χ0v) is 27.6. The summed E-state index contributed by atoms with van der Waals surface area (Å²) < 4.78 is 41.9. The van der Waals surface area contributed by atoms with Gasteiger partial charge >= 0.3 is 7.82 Å². The average molecular weight is 634 g/mol. The van der Waals surface area contributed by atoms with Gasteiger partial charge in [0.1, 0.15) is 30.0 Å². The Morgan fingerprint density at radius 2 is 1.51 bits per heavy atom. The number of rotatable bonds is 23.